The lowest BCUT2D eigenvalue weighted by atomic mass is 10.1. The van der Waals surface area contributed by atoms with Crippen molar-refractivity contribution in [3.8, 4) is 0 Å². The van der Waals surface area contributed by atoms with E-state index in [1.807, 2.05) is 6.92 Å². The Bertz CT molecular complexity index is 1150. The van der Waals surface area contributed by atoms with Crippen molar-refractivity contribution in [1.29, 1.82) is 0 Å². The molecule has 9 nitrogen and oxygen atoms in total. The topological polar surface area (TPSA) is 123 Å². The van der Waals surface area contributed by atoms with Crippen LogP contribution in [0.5, 0.6) is 0 Å². The normalized spacial score (nSPS) is 17.5. The Kier molecular flexibility index (Phi) is 4.13. The van der Waals surface area contributed by atoms with Gasteiger partial charge in [-0.1, -0.05) is 18.5 Å². The summed E-state index contributed by atoms with van der Waals surface area (Å²) in [4.78, 5) is 18.0. The molecule has 1 unspecified atom stereocenters. The van der Waals surface area contributed by atoms with Gasteiger partial charge in [-0.2, -0.15) is 5.10 Å². The van der Waals surface area contributed by atoms with Gasteiger partial charge in [0.15, 0.2) is 11.4 Å². The maximum absolute atomic E-state index is 12.9. The van der Waals surface area contributed by atoms with Crippen LogP contribution in [-0.2, 0) is 23.0 Å². The van der Waals surface area contributed by atoms with Crippen LogP contribution in [0.25, 0.3) is 11.1 Å². The highest BCUT2D eigenvalue weighted by Gasteiger charge is 2.30. The molecule has 1 aliphatic heterocycles. The summed E-state index contributed by atoms with van der Waals surface area (Å²) in [5.74, 6) is 0.604. The second-order valence-electron chi connectivity index (χ2n) is 6.07. The Morgan fingerprint density at radius 1 is 1.46 bits per heavy atom. The number of aromatic amines is 1. The summed E-state index contributed by atoms with van der Waals surface area (Å²) in [7, 11) is -3.95. The van der Waals surface area contributed by atoms with E-state index in [1.54, 1.807) is 4.68 Å². The number of H-pyrrole nitrogens is 1. The predicted molar refractivity (Wildman–Crippen MR) is 93.5 cm³/mol. The average molecular weight is 398 g/mol. The zero-order chi connectivity index (χ0) is 18.5. The fourth-order valence-corrected chi connectivity index (χ4v) is 4.84. The molecule has 11 heteroatoms. The third-order valence-corrected chi connectivity index (χ3v) is 6.23. The van der Waals surface area contributed by atoms with E-state index in [2.05, 4.69) is 19.8 Å². The van der Waals surface area contributed by atoms with Crippen LogP contribution in [0.1, 0.15) is 37.5 Å². The average Bonchev–Trinajstić information content (AvgIpc) is 3.16. The minimum atomic E-state index is -3.95. The van der Waals surface area contributed by atoms with Gasteiger partial charge in [-0.3, -0.25) is 4.98 Å². The summed E-state index contributed by atoms with van der Waals surface area (Å²) in [5, 5.41) is 4.37. The highest BCUT2D eigenvalue weighted by molar-refractivity contribution is 7.89. The van der Waals surface area contributed by atoms with Gasteiger partial charge < -0.3 is 4.42 Å². The first-order chi connectivity index (χ1) is 12.4. The molecule has 1 atom stereocenters. The van der Waals surface area contributed by atoms with E-state index in [-0.39, 0.29) is 15.5 Å². The molecule has 1 aliphatic rings. The van der Waals surface area contributed by atoms with Gasteiger partial charge in [0.1, 0.15) is 10.7 Å². The van der Waals surface area contributed by atoms with Crippen molar-refractivity contribution >= 4 is 32.7 Å². The summed E-state index contributed by atoms with van der Waals surface area (Å²) in [5.41, 5.74) is 0.462. The van der Waals surface area contributed by atoms with Crippen LogP contribution in [0.2, 0.25) is 5.02 Å². The number of halogens is 1. The molecule has 0 radical (unpaired) electrons. The SMILES string of the molecule is CCc1nc2n(n1)CCCC2NS(=O)(=O)c1cc2oc(=O)[nH]c2cc1Cl. The van der Waals surface area contributed by atoms with Gasteiger partial charge in [0.25, 0.3) is 0 Å². The van der Waals surface area contributed by atoms with Gasteiger partial charge in [-0.15, -0.1) is 0 Å². The molecule has 1 aromatic carbocycles. The maximum Gasteiger partial charge on any atom is 0.417 e. The summed E-state index contributed by atoms with van der Waals surface area (Å²) in [6.07, 6.45) is 2.07. The third kappa shape index (κ3) is 2.93. The lowest BCUT2D eigenvalue weighted by molar-refractivity contribution is 0.399. The van der Waals surface area contributed by atoms with Crippen LogP contribution in [0.15, 0.2) is 26.2 Å². The number of oxazole rings is 1. The second kappa shape index (κ2) is 6.22. The molecule has 2 N–H and O–H groups in total. The van der Waals surface area contributed by atoms with E-state index in [9.17, 15) is 13.2 Å². The van der Waals surface area contributed by atoms with Crippen molar-refractivity contribution in [2.75, 3.05) is 0 Å². The number of aryl methyl sites for hydroxylation is 2. The standard InChI is InChI=1S/C15H16ClN5O4S/c1-2-13-18-14-9(4-3-5-21(14)19-13)20-26(23,24)12-7-11-10(6-8(12)16)17-15(22)25-11/h6-7,9,20H,2-5H2,1H3,(H,17,22). The number of nitrogens with zero attached hydrogens (tertiary/aromatic N) is 3. The fraction of sp³-hybridized carbons (Fsp3) is 0.400. The molecule has 0 bridgehead atoms. The minimum absolute atomic E-state index is 0.00595. The number of benzene rings is 1. The fourth-order valence-electron chi connectivity index (χ4n) is 3.07. The minimum Gasteiger partial charge on any atom is -0.408 e. The van der Waals surface area contributed by atoms with Crippen molar-refractivity contribution in [2.24, 2.45) is 0 Å². The van der Waals surface area contributed by atoms with Gasteiger partial charge >= 0.3 is 5.76 Å². The van der Waals surface area contributed by atoms with E-state index in [4.69, 9.17) is 16.0 Å². The lowest BCUT2D eigenvalue weighted by Gasteiger charge is -2.23. The van der Waals surface area contributed by atoms with Crippen molar-refractivity contribution in [3.05, 3.63) is 39.4 Å². The number of nitrogens with one attached hydrogen (secondary N) is 2. The smallest absolute Gasteiger partial charge is 0.408 e. The van der Waals surface area contributed by atoms with Crippen molar-refractivity contribution in [1.82, 2.24) is 24.5 Å². The van der Waals surface area contributed by atoms with Gasteiger partial charge in [0.2, 0.25) is 10.0 Å². The van der Waals surface area contributed by atoms with Crippen LogP contribution < -0.4 is 10.5 Å². The summed E-state index contributed by atoms with van der Waals surface area (Å²) < 4.78 is 35.1. The summed E-state index contributed by atoms with van der Waals surface area (Å²) >= 11 is 6.13. The molecule has 0 aliphatic carbocycles. The van der Waals surface area contributed by atoms with Gasteiger partial charge in [0.05, 0.1) is 16.6 Å². The molecule has 0 saturated heterocycles. The Labute approximate surface area is 153 Å². The molecule has 0 saturated carbocycles. The highest BCUT2D eigenvalue weighted by Crippen LogP contribution is 2.30. The third-order valence-electron chi connectivity index (χ3n) is 4.30. The van der Waals surface area contributed by atoms with E-state index in [1.165, 1.54) is 12.1 Å². The molecule has 0 amide bonds. The molecule has 2 aromatic heterocycles. The molecule has 3 heterocycles. The van der Waals surface area contributed by atoms with Gasteiger partial charge in [-0.25, -0.2) is 27.6 Å². The largest absolute Gasteiger partial charge is 0.417 e. The van der Waals surface area contributed by atoms with Crippen LogP contribution in [-0.4, -0.2) is 28.2 Å². The van der Waals surface area contributed by atoms with Crippen LogP contribution in [0.4, 0.5) is 0 Å². The first-order valence-electron chi connectivity index (χ1n) is 8.15. The molecule has 4 rings (SSSR count). The quantitative estimate of drug-likeness (QED) is 0.691. The molecular weight excluding hydrogens is 382 g/mol. The predicted octanol–water partition coefficient (Wildman–Crippen LogP) is 1.74. The lowest BCUT2D eigenvalue weighted by Crippen LogP contribution is -2.33. The molecule has 0 fully saturated rings. The Morgan fingerprint density at radius 2 is 2.27 bits per heavy atom. The molecular formula is C15H16ClN5O4S. The molecule has 26 heavy (non-hydrogen) atoms. The first-order valence-corrected chi connectivity index (χ1v) is 10.0. The van der Waals surface area contributed by atoms with E-state index in [0.717, 1.165) is 6.42 Å². The van der Waals surface area contributed by atoms with Crippen LogP contribution in [0.3, 0.4) is 0 Å². The van der Waals surface area contributed by atoms with E-state index >= 15 is 0 Å². The maximum atomic E-state index is 12.9. The number of rotatable bonds is 4. The Balaban J connectivity index is 1.71. The number of aromatic nitrogens is 4. The summed E-state index contributed by atoms with van der Waals surface area (Å²) in [6, 6.07) is 2.10. The van der Waals surface area contributed by atoms with Crippen molar-refractivity contribution < 1.29 is 12.8 Å². The second-order valence-corrected chi connectivity index (χ2v) is 8.16. The van der Waals surface area contributed by atoms with Gasteiger partial charge in [-0.05, 0) is 18.9 Å². The molecule has 3 aromatic rings. The monoisotopic (exact) mass is 397 g/mol. The van der Waals surface area contributed by atoms with Crippen LogP contribution >= 0.6 is 11.6 Å². The Hall–Kier alpha value is -2.17. The number of hydrogen-bond donors (Lipinski definition) is 2. The zero-order valence-electron chi connectivity index (χ0n) is 13.8. The number of sulfonamides is 1. The summed E-state index contributed by atoms with van der Waals surface area (Å²) in [6.45, 7) is 2.65. The zero-order valence-corrected chi connectivity index (χ0v) is 15.4. The molecule has 138 valence electrons. The Morgan fingerprint density at radius 3 is 3.04 bits per heavy atom. The van der Waals surface area contributed by atoms with Crippen molar-refractivity contribution in [3.63, 3.8) is 0 Å². The highest BCUT2D eigenvalue weighted by atomic mass is 35.5. The molecule has 0 spiro atoms. The van der Waals surface area contributed by atoms with Crippen molar-refractivity contribution in [2.45, 2.75) is 43.7 Å². The number of fused-ring (bicyclic) bond motifs is 2. The number of hydrogen-bond acceptors (Lipinski definition) is 6. The first kappa shape index (κ1) is 17.3. The van der Waals surface area contributed by atoms with Crippen LogP contribution in [0, 0.1) is 0 Å². The van der Waals surface area contributed by atoms with E-state index < -0.39 is 21.8 Å². The van der Waals surface area contributed by atoms with E-state index in [0.29, 0.717) is 36.6 Å². The van der Waals surface area contributed by atoms with Gasteiger partial charge in [0, 0.05) is 19.0 Å².